The van der Waals surface area contributed by atoms with Crippen molar-refractivity contribution in [2.45, 2.75) is 12.5 Å². The summed E-state index contributed by atoms with van der Waals surface area (Å²) in [4.78, 5) is 18.0. The van der Waals surface area contributed by atoms with Gasteiger partial charge in [-0.05, 0) is 18.6 Å². The van der Waals surface area contributed by atoms with Gasteiger partial charge in [-0.25, -0.2) is 13.4 Å². The van der Waals surface area contributed by atoms with Gasteiger partial charge in [0, 0.05) is 25.7 Å². The van der Waals surface area contributed by atoms with Crippen molar-refractivity contribution in [2.24, 2.45) is 0 Å². The van der Waals surface area contributed by atoms with Crippen LogP contribution in [0.25, 0.3) is 0 Å². The molecule has 6 nitrogen and oxygen atoms in total. The van der Waals surface area contributed by atoms with Gasteiger partial charge in [0.25, 0.3) is 5.91 Å². The van der Waals surface area contributed by atoms with Gasteiger partial charge in [-0.15, -0.1) is 0 Å². The molecule has 2 rings (SSSR count). The molecule has 1 atom stereocenters. The van der Waals surface area contributed by atoms with E-state index < -0.39 is 9.84 Å². The second kappa shape index (κ2) is 5.57. The molecule has 1 unspecified atom stereocenters. The minimum Gasteiger partial charge on any atom is -0.363 e. The zero-order valence-electron chi connectivity index (χ0n) is 11.3. The van der Waals surface area contributed by atoms with Crippen molar-refractivity contribution in [3.05, 3.63) is 22.8 Å². The lowest BCUT2D eigenvalue weighted by Gasteiger charge is -2.14. The molecule has 8 heteroatoms. The van der Waals surface area contributed by atoms with Gasteiger partial charge in [0.2, 0.25) is 0 Å². The monoisotopic (exact) mass is 317 g/mol. The Morgan fingerprint density at radius 3 is 2.70 bits per heavy atom. The van der Waals surface area contributed by atoms with Crippen LogP contribution in [0.2, 0.25) is 5.15 Å². The van der Waals surface area contributed by atoms with Crippen LogP contribution >= 0.6 is 11.6 Å². The average Bonchev–Trinajstić information content (AvgIpc) is 2.67. The van der Waals surface area contributed by atoms with Crippen LogP contribution in [0.3, 0.4) is 0 Å². The molecule has 110 valence electrons. The number of hydrogen-bond acceptors (Lipinski definition) is 5. The highest BCUT2D eigenvalue weighted by molar-refractivity contribution is 7.91. The van der Waals surface area contributed by atoms with Crippen LogP contribution in [0.15, 0.2) is 12.1 Å². The van der Waals surface area contributed by atoms with Crippen molar-refractivity contribution in [2.75, 3.05) is 30.5 Å². The third kappa shape index (κ3) is 3.61. The van der Waals surface area contributed by atoms with E-state index in [1.165, 1.54) is 6.07 Å². The fourth-order valence-electron chi connectivity index (χ4n) is 2.02. The number of anilines is 1. The highest BCUT2D eigenvalue weighted by Gasteiger charge is 2.29. The Hall–Kier alpha value is -1.34. The summed E-state index contributed by atoms with van der Waals surface area (Å²) in [5.41, 5.74) is 0.373. The molecule has 1 N–H and O–H groups in total. The van der Waals surface area contributed by atoms with Gasteiger partial charge in [-0.3, -0.25) is 4.79 Å². The van der Waals surface area contributed by atoms with Crippen molar-refractivity contribution < 1.29 is 13.2 Å². The van der Waals surface area contributed by atoms with Crippen LogP contribution in [0, 0.1) is 0 Å². The van der Waals surface area contributed by atoms with Crippen molar-refractivity contribution in [3.63, 3.8) is 0 Å². The van der Waals surface area contributed by atoms with E-state index >= 15 is 0 Å². The number of carbonyl (C=O) groups excluding carboxylic acids is 1. The number of pyridine rings is 1. The van der Waals surface area contributed by atoms with Crippen LogP contribution in [0.1, 0.15) is 16.8 Å². The smallest absolute Gasteiger partial charge is 0.251 e. The number of hydrogen-bond donors (Lipinski definition) is 1. The van der Waals surface area contributed by atoms with Gasteiger partial charge in [0.05, 0.1) is 11.5 Å². The summed E-state index contributed by atoms with van der Waals surface area (Å²) < 4.78 is 22.7. The third-order valence-electron chi connectivity index (χ3n) is 3.07. The molecule has 0 saturated carbocycles. The van der Waals surface area contributed by atoms with E-state index in [9.17, 15) is 13.2 Å². The Morgan fingerprint density at radius 2 is 2.15 bits per heavy atom. The van der Waals surface area contributed by atoms with E-state index in [4.69, 9.17) is 11.6 Å². The molecule has 0 bridgehead atoms. The maximum Gasteiger partial charge on any atom is 0.251 e. The molecule has 1 aromatic rings. The van der Waals surface area contributed by atoms with Gasteiger partial charge in [-0.1, -0.05) is 11.6 Å². The summed E-state index contributed by atoms with van der Waals surface area (Å²) in [5.74, 6) is 0.358. The van der Waals surface area contributed by atoms with Crippen LogP contribution in [-0.4, -0.2) is 51.0 Å². The summed E-state index contributed by atoms with van der Waals surface area (Å²) in [7, 11) is 0.577. The molecule has 1 fully saturated rings. The summed E-state index contributed by atoms with van der Waals surface area (Å²) in [5, 5.41) is 2.94. The van der Waals surface area contributed by atoms with Crippen LogP contribution in [-0.2, 0) is 9.84 Å². The Balaban J connectivity index is 2.13. The molecule has 1 amide bonds. The maximum atomic E-state index is 12.1. The first-order valence-corrected chi connectivity index (χ1v) is 8.33. The Bertz CT molecular complexity index is 631. The Labute approximate surface area is 123 Å². The molecular formula is C12H16ClN3O3S. The first-order valence-electron chi connectivity index (χ1n) is 6.13. The minimum absolute atomic E-state index is 0.00189. The number of rotatable bonds is 3. The average molecular weight is 318 g/mol. The van der Waals surface area contributed by atoms with Gasteiger partial charge in [-0.2, -0.15) is 0 Å². The third-order valence-corrected chi connectivity index (χ3v) is 5.03. The maximum absolute atomic E-state index is 12.1. The van der Waals surface area contributed by atoms with Gasteiger partial charge in [0.1, 0.15) is 11.0 Å². The molecule has 1 aliphatic heterocycles. The predicted molar refractivity (Wildman–Crippen MR) is 78.1 cm³/mol. The SMILES string of the molecule is CN(C)c1cc(C(=O)NC2CCS(=O)(=O)C2)cc(Cl)n1. The number of halogens is 1. The second-order valence-electron chi connectivity index (χ2n) is 5.00. The van der Waals surface area contributed by atoms with E-state index in [-0.39, 0.29) is 28.6 Å². The Morgan fingerprint density at radius 1 is 1.45 bits per heavy atom. The number of nitrogens with zero attached hydrogens (tertiary/aromatic N) is 2. The van der Waals surface area contributed by atoms with Crippen molar-refractivity contribution >= 4 is 33.2 Å². The molecule has 1 aliphatic rings. The second-order valence-corrected chi connectivity index (χ2v) is 7.62. The highest BCUT2D eigenvalue weighted by atomic mass is 35.5. The normalized spacial score (nSPS) is 20.6. The van der Waals surface area contributed by atoms with Gasteiger partial charge >= 0.3 is 0 Å². The number of nitrogens with one attached hydrogen (secondary N) is 1. The first-order chi connectivity index (χ1) is 9.27. The molecule has 0 spiro atoms. The quantitative estimate of drug-likeness (QED) is 0.831. The number of sulfone groups is 1. The predicted octanol–water partition coefficient (Wildman–Crippen LogP) is 0.718. The van der Waals surface area contributed by atoms with Crippen LogP contribution in [0.4, 0.5) is 5.82 Å². The van der Waals surface area contributed by atoms with E-state index in [1.807, 2.05) is 0 Å². The summed E-state index contributed by atoms with van der Waals surface area (Å²) in [6, 6.07) is 2.75. The first kappa shape index (κ1) is 15.1. The van der Waals surface area contributed by atoms with E-state index in [0.29, 0.717) is 17.8 Å². The summed E-state index contributed by atoms with van der Waals surface area (Å²) >= 11 is 5.89. The zero-order chi connectivity index (χ0) is 14.9. The summed E-state index contributed by atoms with van der Waals surface area (Å²) in [6.45, 7) is 0. The number of aromatic nitrogens is 1. The molecular weight excluding hydrogens is 302 g/mol. The lowest BCUT2D eigenvalue weighted by atomic mass is 10.2. The molecule has 2 heterocycles. The molecule has 1 saturated heterocycles. The molecule has 20 heavy (non-hydrogen) atoms. The van der Waals surface area contributed by atoms with E-state index in [0.717, 1.165) is 0 Å². The molecule has 0 aliphatic carbocycles. The van der Waals surface area contributed by atoms with Gasteiger partial charge < -0.3 is 10.2 Å². The van der Waals surface area contributed by atoms with Gasteiger partial charge in [0.15, 0.2) is 9.84 Å². The lowest BCUT2D eigenvalue weighted by Crippen LogP contribution is -2.35. The van der Waals surface area contributed by atoms with Crippen molar-refractivity contribution in [3.8, 4) is 0 Å². The lowest BCUT2D eigenvalue weighted by molar-refractivity contribution is 0.0941. The van der Waals surface area contributed by atoms with Crippen molar-refractivity contribution in [1.29, 1.82) is 0 Å². The van der Waals surface area contributed by atoms with Crippen molar-refractivity contribution in [1.82, 2.24) is 10.3 Å². The highest BCUT2D eigenvalue weighted by Crippen LogP contribution is 2.17. The fourth-order valence-corrected chi connectivity index (χ4v) is 3.90. The van der Waals surface area contributed by atoms with Crippen LogP contribution < -0.4 is 10.2 Å². The topological polar surface area (TPSA) is 79.4 Å². The minimum atomic E-state index is -3.01. The molecule has 0 radical (unpaired) electrons. The van der Waals surface area contributed by atoms with Crippen LogP contribution in [0.5, 0.6) is 0 Å². The standard InChI is InChI=1S/C12H16ClN3O3S/c1-16(2)11-6-8(5-10(13)15-11)12(17)14-9-3-4-20(18,19)7-9/h5-6,9H,3-4,7H2,1-2H3,(H,14,17). The van der Waals surface area contributed by atoms with E-state index in [1.54, 1.807) is 25.1 Å². The zero-order valence-corrected chi connectivity index (χ0v) is 12.8. The largest absolute Gasteiger partial charge is 0.363 e. The molecule has 0 aromatic carbocycles. The number of carbonyl (C=O) groups is 1. The molecule has 1 aromatic heterocycles. The summed E-state index contributed by atoms with van der Waals surface area (Å²) in [6.07, 6.45) is 0.452. The number of amides is 1. The van der Waals surface area contributed by atoms with E-state index in [2.05, 4.69) is 10.3 Å². The fraction of sp³-hybridized carbons (Fsp3) is 0.500. The Kier molecular flexibility index (Phi) is 4.19.